The second-order valence-corrected chi connectivity index (χ2v) is 9.58. The molecule has 0 spiro atoms. The van der Waals surface area contributed by atoms with Crippen molar-refractivity contribution < 1.29 is 5.11 Å². The molecule has 9 heteroatoms. The Hall–Kier alpha value is -3.79. The minimum atomic E-state index is -0.673. The van der Waals surface area contributed by atoms with E-state index in [1.807, 2.05) is 78.9 Å². The van der Waals surface area contributed by atoms with Crippen molar-refractivity contribution in [2.75, 3.05) is 26.2 Å². The van der Waals surface area contributed by atoms with Crippen LogP contribution in [0.3, 0.4) is 0 Å². The number of hydrogen-bond acceptors (Lipinski definition) is 8. The molecule has 0 aromatic carbocycles. The normalized spacial score (nSPS) is 12.5. The lowest BCUT2D eigenvalue weighted by Crippen LogP contribution is -2.38. The van der Waals surface area contributed by atoms with Crippen molar-refractivity contribution in [1.82, 2.24) is 34.3 Å². The first-order valence-electron chi connectivity index (χ1n) is 13.4. The van der Waals surface area contributed by atoms with Crippen molar-refractivity contribution in [3.8, 4) is 0 Å². The van der Waals surface area contributed by atoms with Crippen LogP contribution in [0.1, 0.15) is 35.7 Å². The van der Waals surface area contributed by atoms with Crippen molar-refractivity contribution in [3.63, 3.8) is 0 Å². The van der Waals surface area contributed by atoms with E-state index in [2.05, 4.69) is 46.9 Å². The van der Waals surface area contributed by atoms with E-state index in [0.717, 1.165) is 49.1 Å². The van der Waals surface area contributed by atoms with Gasteiger partial charge in [0.05, 0.1) is 23.3 Å². The molecule has 4 heterocycles. The van der Waals surface area contributed by atoms with Gasteiger partial charge in [0.15, 0.2) is 0 Å². The number of hydrogen-bond donors (Lipinski definition) is 0. The van der Waals surface area contributed by atoms with Gasteiger partial charge in [0.2, 0.25) is 0 Å². The number of nitrogens with zero attached hydrogens (tertiary/aromatic N) is 8. The van der Waals surface area contributed by atoms with Crippen LogP contribution in [0.25, 0.3) is 0 Å². The van der Waals surface area contributed by atoms with Gasteiger partial charge in [0, 0.05) is 77.3 Å². The molecule has 0 N–H and O–H groups in total. The molecule has 0 radical (unpaired) electrons. The van der Waals surface area contributed by atoms with Gasteiger partial charge in [-0.05, 0) is 49.4 Å². The molecule has 0 amide bonds. The Bertz CT molecular complexity index is 1190. The highest BCUT2D eigenvalue weighted by Crippen LogP contribution is 2.10. The van der Waals surface area contributed by atoms with Crippen LogP contribution >= 0.6 is 0 Å². The Morgan fingerprint density at radius 1 is 0.744 bits per heavy atom. The quantitative estimate of drug-likeness (QED) is 0.208. The third-order valence-corrected chi connectivity index (χ3v) is 6.48. The summed E-state index contributed by atoms with van der Waals surface area (Å²) in [5.74, 6) is 0.792. The monoisotopic (exact) mass is 525 g/mol. The highest BCUT2D eigenvalue weighted by Gasteiger charge is 2.13. The number of aliphatic imine (C=N–C) groups is 1. The smallest absolute Gasteiger partial charge is 0.150 e. The Labute approximate surface area is 230 Å². The predicted molar refractivity (Wildman–Crippen MR) is 151 cm³/mol. The summed E-state index contributed by atoms with van der Waals surface area (Å²) in [7, 11) is 1.93. The van der Waals surface area contributed by atoms with E-state index in [9.17, 15) is 5.11 Å². The van der Waals surface area contributed by atoms with E-state index in [1.165, 1.54) is 0 Å². The van der Waals surface area contributed by atoms with Crippen LogP contribution in [0, 0.1) is 0 Å². The number of aryl methyl sites for hydroxylation is 1. The second kappa shape index (κ2) is 15.6. The van der Waals surface area contributed by atoms with E-state index in [-0.39, 0.29) is 0 Å². The van der Waals surface area contributed by atoms with Gasteiger partial charge in [-0.3, -0.25) is 29.7 Å². The van der Waals surface area contributed by atoms with Crippen LogP contribution in [0.5, 0.6) is 0 Å². The molecule has 4 rings (SSSR count). The maximum absolute atomic E-state index is 12.8. The molecule has 39 heavy (non-hydrogen) atoms. The van der Waals surface area contributed by atoms with E-state index < -0.39 is 6.10 Å². The fraction of sp³-hybridized carbons (Fsp3) is 0.367. The van der Waals surface area contributed by atoms with E-state index in [4.69, 9.17) is 0 Å². The first-order valence-corrected chi connectivity index (χ1v) is 13.4. The molecule has 1 atom stereocenters. The lowest BCUT2D eigenvalue weighted by Gasteiger charge is -2.30. The first-order chi connectivity index (χ1) is 19.2. The highest BCUT2D eigenvalue weighted by atomic mass is 16.3. The average molecular weight is 526 g/mol. The van der Waals surface area contributed by atoms with Gasteiger partial charge in [-0.15, -0.1) is 6.10 Å². The van der Waals surface area contributed by atoms with Crippen molar-refractivity contribution in [1.29, 1.82) is 0 Å². The zero-order valence-corrected chi connectivity index (χ0v) is 22.6. The topological polar surface area (TPSA) is 98.4 Å². The van der Waals surface area contributed by atoms with E-state index in [0.29, 0.717) is 32.5 Å². The molecule has 0 bridgehead atoms. The van der Waals surface area contributed by atoms with Gasteiger partial charge < -0.3 is 9.67 Å². The largest absolute Gasteiger partial charge is 0.852 e. The summed E-state index contributed by atoms with van der Waals surface area (Å²) in [4.78, 5) is 26.9. The zero-order chi connectivity index (χ0) is 27.1. The zero-order valence-electron chi connectivity index (χ0n) is 22.6. The number of imidazole rings is 1. The van der Waals surface area contributed by atoms with Gasteiger partial charge in [-0.2, -0.15) is 0 Å². The van der Waals surface area contributed by atoms with E-state index >= 15 is 0 Å². The molecule has 204 valence electrons. The van der Waals surface area contributed by atoms with E-state index in [1.54, 1.807) is 12.4 Å². The third kappa shape index (κ3) is 10.1. The fourth-order valence-electron chi connectivity index (χ4n) is 4.27. The molecule has 0 aliphatic heterocycles. The minimum Gasteiger partial charge on any atom is -0.852 e. The Morgan fingerprint density at radius 3 is 1.82 bits per heavy atom. The van der Waals surface area contributed by atoms with Crippen molar-refractivity contribution in [2.24, 2.45) is 12.0 Å². The molecule has 4 aromatic rings. The predicted octanol–water partition coefficient (Wildman–Crippen LogP) is 2.74. The van der Waals surface area contributed by atoms with Gasteiger partial charge in [-0.25, -0.2) is 4.98 Å². The third-order valence-electron chi connectivity index (χ3n) is 6.48. The second-order valence-electron chi connectivity index (χ2n) is 9.58. The molecule has 0 saturated heterocycles. The summed E-state index contributed by atoms with van der Waals surface area (Å²) < 4.78 is 1.90. The molecule has 0 saturated carbocycles. The molecule has 9 nitrogen and oxygen atoms in total. The van der Waals surface area contributed by atoms with Crippen LogP contribution in [0.4, 0.5) is 0 Å². The van der Waals surface area contributed by atoms with Gasteiger partial charge in [0.1, 0.15) is 5.82 Å². The van der Waals surface area contributed by atoms with Gasteiger partial charge in [-0.1, -0.05) is 24.6 Å². The number of rotatable bonds is 16. The SMILES string of the molecule is Cn1ccnc1C=NCCC([O-])CCN(CCN(Cc1ccccn1)Cc1ccccn1)Cc1ccccn1. The standard InChI is InChI=1S/C30H37N8O/c1-36-19-17-35-30(36)22-31-16-11-29(39)12-18-37(23-26-8-2-5-13-32-26)20-21-38(24-27-9-3-6-14-33-27)25-28-10-4-7-15-34-28/h2-10,13-15,17,19,22,29H,11-12,16,18,20-21,23-25H2,1H3/q-1. The summed E-state index contributed by atoms with van der Waals surface area (Å²) in [6, 6.07) is 18.0. The summed E-state index contributed by atoms with van der Waals surface area (Å²) in [5.41, 5.74) is 3.05. The maximum atomic E-state index is 12.8. The first kappa shape index (κ1) is 28.2. The molecule has 4 aromatic heterocycles. The molecular weight excluding hydrogens is 488 g/mol. The van der Waals surface area contributed by atoms with Crippen molar-refractivity contribution in [3.05, 3.63) is 108 Å². The van der Waals surface area contributed by atoms with Gasteiger partial charge in [0.25, 0.3) is 0 Å². The fourth-order valence-corrected chi connectivity index (χ4v) is 4.27. The average Bonchev–Trinajstić information content (AvgIpc) is 3.38. The summed E-state index contributed by atoms with van der Waals surface area (Å²) in [6.07, 6.45) is 11.2. The van der Waals surface area contributed by atoms with Crippen LogP contribution < -0.4 is 5.11 Å². The maximum Gasteiger partial charge on any atom is 0.150 e. The lowest BCUT2D eigenvalue weighted by atomic mass is 10.1. The van der Waals surface area contributed by atoms with Crippen LogP contribution in [0.2, 0.25) is 0 Å². The Morgan fingerprint density at radius 2 is 1.31 bits per heavy atom. The van der Waals surface area contributed by atoms with Crippen LogP contribution in [0.15, 0.2) is 90.6 Å². The minimum absolute atomic E-state index is 0.503. The number of aromatic nitrogens is 5. The highest BCUT2D eigenvalue weighted by molar-refractivity contribution is 5.74. The lowest BCUT2D eigenvalue weighted by molar-refractivity contribution is -0.422. The summed E-state index contributed by atoms with van der Waals surface area (Å²) in [6.45, 7) is 4.99. The van der Waals surface area contributed by atoms with Crippen LogP contribution in [-0.4, -0.2) is 72.8 Å². The van der Waals surface area contributed by atoms with Crippen LogP contribution in [-0.2, 0) is 26.7 Å². The van der Waals surface area contributed by atoms with Gasteiger partial charge >= 0.3 is 0 Å². The number of pyridine rings is 3. The van der Waals surface area contributed by atoms with Crippen molar-refractivity contribution in [2.45, 2.75) is 38.6 Å². The molecule has 1 unspecified atom stereocenters. The molecule has 0 aliphatic carbocycles. The Kier molecular flexibility index (Phi) is 11.3. The summed E-state index contributed by atoms with van der Waals surface area (Å²) >= 11 is 0. The molecule has 0 aliphatic rings. The molecule has 0 fully saturated rings. The summed E-state index contributed by atoms with van der Waals surface area (Å²) in [5, 5.41) is 12.8. The molecular formula is C30H37N8O-. The van der Waals surface area contributed by atoms with Crippen molar-refractivity contribution >= 4 is 6.21 Å². The Balaban J connectivity index is 1.34.